The lowest BCUT2D eigenvalue weighted by Crippen LogP contribution is -2.27. The van der Waals surface area contributed by atoms with Gasteiger partial charge in [0.05, 0.1) is 15.8 Å². The lowest BCUT2D eigenvalue weighted by atomic mass is 9.75. The number of hydrogen-bond donors (Lipinski definition) is 2. The van der Waals surface area contributed by atoms with Crippen LogP contribution in [0.4, 0.5) is 5.69 Å². The third-order valence-corrected chi connectivity index (χ3v) is 5.04. The van der Waals surface area contributed by atoms with Gasteiger partial charge in [-0.05, 0) is 37.0 Å². The van der Waals surface area contributed by atoms with Crippen molar-refractivity contribution >= 4 is 40.5 Å². The minimum Gasteiger partial charge on any atom is -0.455 e. The van der Waals surface area contributed by atoms with Crippen LogP contribution in [-0.4, -0.2) is 16.8 Å². The molecule has 0 aliphatic heterocycles. The molecule has 0 atom stereocenters. The smallest absolute Gasteiger partial charge is 0.291 e. The summed E-state index contributed by atoms with van der Waals surface area (Å²) < 4.78 is 5.83. The number of carbonyl (C=O) groups excluding carboxylic acids is 1. The number of furan rings is 1. The van der Waals surface area contributed by atoms with E-state index in [1.54, 1.807) is 25.1 Å². The normalized spacial score (nSPS) is 17.4. The van der Waals surface area contributed by atoms with Crippen LogP contribution in [-0.2, 0) is 6.42 Å². The van der Waals surface area contributed by atoms with Crippen LogP contribution in [0, 0.1) is 12.3 Å². The second-order valence-corrected chi connectivity index (χ2v) is 7.82. The Labute approximate surface area is 155 Å². The van der Waals surface area contributed by atoms with Crippen molar-refractivity contribution < 1.29 is 14.4 Å². The van der Waals surface area contributed by atoms with Crippen molar-refractivity contribution in [3.8, 4) is 0 Å². The lowest BCUT2D eigenvalue weighted by molar-refractivity contribution is 0.0993. The van der Waals surface area contributed by atoms with E-state index in [-0.39, 0.29) is 17.1 Å². The summed E-state index contributed by atoms with van der Waals surface area (Å²) in [5.74, 6) is 0.483. The standard InChI is InChI=1S/C18H18Cl2N2O3/c1-9-15-13(22-24)7-18(2,3)8-14(15)25-16(9)17(23)21-10-4-5-11(19)12(20)6-10/h4-6,24H,7-8H2,1-3H3,(H,21,23)/b22-13-. The zero-order valence-corrected chi connectivity index (χ0v) is 15.6. The summed E-state index contributed by atoms with van der Waals surface area (Å²) in [6.45, 7) is 5.92. The molecule has 7 heteroatoms. The molecule has 0 unspecified atom stereocenters. The number of amides is 1. The number of nitrogens with one attached hydrogen (secondary N) is 1. The molecule has 1 amide bonds. The van der Waals surface area contributed by atoms with E-state index in [9.17, 15) is 10.0 Å². The second kappa shape index (κ2) is 6.39. The largest absolute Gasteiger partial charge is 0.455 e. The zero-order chi connectivity index (χ0) is 18.4. The molecule has 1 aliphatic rings. The van der Waals surface area contributed by atoms with Crippen LogP contribution < -0.4 is 5.32 Å². The lowest BCUT2D eigenvalue weighted by Gasteiger charge is -2.28. The predicted molar refractivity (Wildman–Crippen MR) is 98.3 cm³/mol. The van der Waals surface area contributed by atoms with E-state index in [4.69, 9.17) is 27.6 Å². The van der Waals surface area contributed by atoms with Crippen LogP contribution in [0.2, 0.25) is 10.0 Å². The van der Waals surface area contributed by atoms with Crippen molar-refractivity contribution in [1.82, 2.24) is 0 Å². The van der Waals surface area contributed by atoms with Crippen LogP contribution in [0.25, 0.3) is 0 Å². The van der Waals surface area contributed by atoms with Gasteiger partial charge in [0, 0.05) is 23.2 Å². The Kier molecular flexibility index (Phi) is 4.56. The number of nitrogens with zero attached hydrogens (tertiary/aromatic N) is 1. The van der Waals surface area contributed by atoms with E-state index < -0.39 is 0 Å². The first-order valence-electron chi connectivity index (χ1n) is 7.82. The molecule has 5 nitrogen and oxygen atoms in total. The molecule has 0 spiro atoms. The van der Waals surface area contributed by atoms with Crippen LogP contribution in [0.1, 0.15) is 47.7 Å². The van der Waals surface area contributed by atoms with Crippen molar-refractivity contribution in [2.45, 2.75) is 33.6 Å². The van der Waals surface area contributed by atoms with Crippen molar-refractivity contribution in [1.29, 1.82) is 0 Å². The molecule has 0 saturated heterocycles. The van der Waals surface area contributed by atoms with Gasteiger partial charge >= 0.3 is 0 Å². The number of rotatable bonds is 2. The molecule has 0 fully saturated rings. The van der Waals surface area contributed by atoms with Gasteiger partial charge in [-0.25, -0.2) is 0 Å². The Morgan fingerprint density at radius 3 is 2.64 bits per heavy atom. The molecule has 132 valence electrons. The summed E-state index contributed by atoms with van der Waals surface area (Å²) in [6.07, 6.45) is 1.28. The van der Waals surface area contributed by atoms with Crippen molar-refractivity contribution in [3.63, 3.8) is 0 Å². The van der Waals surface area contributed by atoms with E-state index in [1.165, 1.54) is 0 Å². The number of hydrogen-bond acceptors (Lipinski definition) is 4. The van der Waals surface area contributed by atoms with Gasteiger partial charge in [-0.2, -0.15) is 0 Å². The quantitative estimate of drug-likeness (QED) is 0.548. The molecule has 0 radical (unpaired) electrons. The number of fused-ring (bicyclic) bond motifs is 1. The molecule has 25 heavy (non-hydrogen) atoms. The number of halogens is 2. The molecule has 1 aromatic heterocycles. The molecule has 0 bridgehead atoms. The molecule has 2 aromatic rings. The van der Waals surface area contributed by atoms with E-state index in [2.05, 4.69) is 24.3 Å². The number of oxime groups is 1. The fraction of sp³-hybridized carbons (Fsp3) is 0.333. The van der Waals surface area contributed by atoms with Crippen molar-refractivity contribution in [2.24, 2.45) is 10.6 Å². The Bertz CT molecular complexity index is 885. The first-order valence-corrected chi connectivity index (χ1v) is 8.57. The minimum atomic E-state index is -0.389. The fourth-order valence-electron chi connectivity index (χ4n) is 3.18. The number of carbonyl (C=O) groups is 1. The SMILES string of the molecule is Cc1c(C(=O)Nc2ccc(Cl)c(Cl)c2)oc2c1/C(=N\O)CC(C)(C)C2. The van der Waals surface area contributed by atoms with Gasteiger partial charge in [0.25, 0.3) is 5.91 Å². The maximum absolute atomic E-state index is 12.6. The van der Waals surface area contributed by atoms with Crippen LogP contribution in [0.5, 0.6) is 0 Å². The van der Waals surface area contributed by atoms with E-state index in [0.29, 0.717) is 45.6 Å². The second-order valence-electron chi connectivity index (χ2n) is 7.00. The molecular weight excluding hydrogens is 363 g/mol. The highest BCUT2D eigenvalue weighted by molar-refractivity contribution is 6.42. The summed E-state index contributed by atoms with van der Waals surface area (Å²) in [4.78, 5) is 12.6. The van der Waals surface area contributed by atoms with Gasteiger partial charge in [0.15, 0.2) is 5.76 Å². The molecular formula is C18H18Cl2N2O3. The average molecular weight is 381 g/mol. The maximum atomic E-state index is 12.6. The fourth-order valence-corrected chi connectivity index (χ4v) is 3.48. The molecule has 3 rings (SSSR count). The molecule has 1 aliphatic carbocycles. The molecule has 0 saturated carbocycles. The van der Waals surface area contributed by atoms with Gasteiger partial charge in [-0.15, -0.1) is 0 Å². The summed E-state index contributed by atoms with van der Waals surface area (Å²) in [6, 6.07) is 4.84. The predicted octanol–water partition coefficient (Wildman–Crippen LogP) is 5.30. The van der Waals surface area contributed by atoms with Gasteiger partial charge in [-0.1, -0.05) is 42.2 Å². The Morgan fingerprint density at radius 2 is 2.00 bits per heavy atom. The van der Waals surface area contributed by atoms with Crippen molar-refractivity contribution in [2.75, 3.05) is 5.32 Å². The van der Waals surface area contributed by atoms with Crippen LogP contribution >= 0.6 is 23.2 Å². The maximum Gasteiger partial charge on any atom is 0.291 e. The number of benzene rings is 1. The Balaban J connectivity index is 1.95. The van der Waals surface area contributed by atoms with Crippen molar-refractivity contribution in [3.05, 3.63) is 50.9 Å². The topological polar surface area (TPSA) is 74.8 Å². The molecule has 1 aromatic carbocycles. The van der Waals surface area contributed by atoms with Gasteiger partial charge in [0.1, 0.15) is 5.76 Å². The monoisotopic (exact) mass is 380 g/mol. The highest BCUT2D eigenvalue weighted by Crippen LogP contribution is 2.39. The molecule has 2 N–H and O–H groups in total. The summed E-state index contributed by atoms with van der Waals surface area (Å²) in [7, 11) is 0. The third kappa shape index (κ3) is 3.39. The summed E-state index contributed by atoms with van der Waals surface area (Å²) >= 11 is 11.9. The van der Waals surface area contributed by atoms with Crippen LogP contribution in [0.15, 0.2) is 27.8 Å². The van der Waals surface area contributed by atoms with Gasteiger partial charge in [0.2, 0.25) is 0 Å². The van der Waals surface area contributed by atoms with E-state index in [1.807, 2.05) is 0 Å². The van der Waals surface area contributed by atoms with Crippen LogP contribution in [0.3, 0.4) is 0 Å². The minimum absolute atomic E-state index is 0.101. The van der Waals surface area contributed by atoms with E-state index in [0.717, 1.165) is 5.56 Å². The zero-order valence-electron chi connectivity index (χ0n) is 14.1. The summed E-state index contributed by atoms with van der Waals surface area (Å²) in [5.41, 5.74) is 2.35. The number of anilines is 1. The van der Waals surface area contributed by atoms with Gasteiger partial charge in [-0.3, -0.25) is 4.79 Å². The third-order valence-electron chi connectivity index (χ3n) is 4.30. The highest BCUT2D eigenvalue weighted by atomic mass is 35.5. The Morgan fingerprint density at radius 1 is 1.28 bits per heavy atom. The average Bonchev–Trinajstić information content (AvgIpc) is 2.85. The van der Waals surface area contributed by atoms with Gasteiger partial charge < -0.3 is 14.9 Å². The first-order chi connectivity index (χ1) is 11.7. The summed E-state index contributed by atoms with van der Waals surface area (Å²) in [5, 5.41) is 16.3. The molecule has 1 heterocycles. The highest BCUT2D eigenvalue weighted by Gasteiger charge is 2.36. The Hall–Kier alpha value is -1.98. The van der Waals surface area contributed by atoms with E-state index >= 15 is 0 Å². The first kappa shape index (κ1) is 17.8.